The van der Waals surface area contributed by atoms with Gasteiger partial charge in [0.05, 0.1) is 13.5 Å². The minimum Gasteiger partial charge on any atom is -0.469 e. The highest BCUT2D eigenvalue weighted by atomic mass is 16.5. The Hall–Kier alpha value is -1.52. The van der Waals surface area contributed by atoms with Crippen molar-refractivity contribution in [2.24, 2.45) is 0 Å². The number of aromatic nitrogens is 2. The molecular weight excluding hydrogens is 160 g/mol. The molecule has 1 heterocycles. The average molecular weight is 170 g/mol. The lowest BCUT2D eigenvalue weighted by molar-refractivity contribution is -0.140. The van der Waals surface area contributed by atoms with Crippen molar-refractivity contribution in [2.75, 3.05) is 7.11 Å². The quantitative estimate of drug-likeness (QED) is 0.635. The van der Waals surface area contributed by atoms with E-state index in [2.05, 4.69) is 9.72 Å². The van der Waals surface area contributed by atoms with Gasteiger partial charge in [0.1, 0.15) is 0 Å². The number of hydrogen-bond donors (Lipinski definition) is 1. The molecule has 0 aliphatic rings. The third-order valence-corrected chi connectivity index (χ3v) is 1.51. The lowest BCUT2D eigenvalue weighted by Crippen LogP contribution is -2.18. The molecule has 0 bridgehead atoms. The summed E-state index contributed by atoms with van der Waals surface area (Å²) in [5.74, 6) is -0.317. The summed E-state index contributed by atoms with van der Waals surface area (Å²) in [5.41, 5.74) is -0.209. The summed E-state index contributed by atoms with van der Waals surface area (Å²) in [6, 6.07) is 0. The number of H-pyrrole nitrogens is 1. The lowest BCUT2D eigenvalue weighted by atomic mass is 10.4. The molecule has 5 nitrogen and oxygen atoms in total. The van der Waals surface area contributed by atoms with Crippen LogP contribution in [0.3, 0.4) is 0 Å². The minimum absolute atomic E-state index is 0.209. The van der Waals surface area contributed by atoms with E-state index in [1.807, 2.05) is 0 Å². The topological polar surface area (TPSA) is 64.1 Å². The molecule has 12 heavy (non-hydrogen) atoms. The lowest BCUT2D eigenvalue weighted by Gasteiger charge is -1.98. The van der Waals surface area contributed by atoms with Crippen LogP contribution in [0.1, 0.15) is 6.42 Å². The van der Waals surface area contributed by atoms with E-state index in [-0.39, 0.29) is 18.1 Å². The van der Waals surface area contributed by atoms with Gasteiger partial charge in [-0.2, -0.15) is 0 Å². The number of rotatable bonds is 3. The van der Waals surface area contributed by atoms with Crippen LogP contribution >= 0.6 is 0 Å². The summed E-state index contributed by atoms with van der Waals surface area (Å²) < 4.78 is 5.84. The molecule has 0 saturated heterocycles. The maximum absolute atomic E-state index is 10.9. The Morgan fingerprint density at radius 1 is 1.75 bits per heavy atom. The second kappa shape index (κ2) is 3.75. The van der Waals surface area contributed by atoms with Crippen LogP contribution in [-0.2, 0) is 16.1 Å². The van der Waals surface area contributed by atoms with Gasteiger partial charge >= 0.3 is 11.7 Å². The largest absolute Gasteiger partial charge is 0.469 e. The number of aryl methyl sites for hydroxylation is 1. The van der Waals surface area contributed by atoms with Crippen LogP contribution in [0, 0.1) is 0 Å². The maximum Gasteiger partial charge on any atom is 0.325 e. The van der Waals surface area contributed by atoms with Crippen LogP contribution in [0.25, 0.3) is 0 Å². The number of imidazole rings is 1. The van der Waals surface area contributed by atoms with Gasteiger partial charge in [-0.1, -0.05) is 0 Å². The van der Waals surface area contributed by atoms with Crippen molar-refractivity contribution in [2.45, 2.75) is 13.0 Å². The highest BCUT2D eigenvalue weighted by Crippen LogP contribution is 1.88. The zero-order chi connectivity index (χ0) is 8.97. The number of aromatic amines is 1. The van der Waals surface area contributed by atoms with Gasteiger partial charge in [0.2, 0.25) is 0 Å². The molecule has 1 aromatic heterocycles. The average Bonchev–Trinajstić information content (AvgIpc) is 2.47. The summed E-state index contributed by atoms with van der Waals surface area (Å²) in [7, 11) is 1.32. The van der Waals surface area contributed by atoms with E-state index < -0.39 is 0 Å². The van der Waals surface area contributed by atoms with Gasteiger partial charge in [0.15, 0.2) is 0 Å². The minimum atomic E-state index is -0.317. The molecular formula is C7H10N2O3. The molecule has 0 aliphatic carbocycles. The number of nitrogens with one attached hydrogen (secondary N) is 1. The van der Waals surface area contributed by atoms with Gasteiger partial charge in [-0.25, -0.2) is 4.79 Å². The molecule has 0 fully saturated rings. The third kappa shape index (κ3) is 1.98. The van der Waals surface area contributed by atoms with Crippen molar-refractivity contribution in [3.05, 3.63) is 22.9 Å². The van der Waals surface area contributed by atoms with E-state index in [4.69, 9.17) is 0 Å². The van der Waals surface area contributed by atoms with Gasteiger partial charge in [-0.15, -0.1) is 0 Å². The Morgan fingerprint density at radius 2 is 2.50 bits per heavy atom. The smallest absolute Gasteiger partial charge is 0.325 e. The van der Waals surface area contributed by atoms with Crippen molar-refractivity contribution in [1.29, 1.82) is 0 Å². The molecule has 1 rings (SSSR count). The molecule has 0 radical (unpaired) electrons. The van der Waals surface area contributed by atoms with E-state index in [0.717, 1.165) is 0 Å². The highest BCUT2D eigenvalue weighted by molar-refractivity contribution is 5.68. The van der Waals surface area contributed by atoms with Crippen LogP contribution in [0.2, 0.25) is 0 Å². The second-order valence-corrected chi connectivity index (χ2v) is 2.28. The number of hydrogen-bond acceptors (Lipinski definition) is 3. The first-order valence-corrected chi connectivity index (χ1v) is 3.54. The molecule has 5 heteroatoms. The van der Waals surface area contributed by atoms with Crippen LogP contribution < -0.4 is 5.69 Å². The normalized spacial score (nSPS) is 9.75. The van der Waals surface area contributed by atoms with Gasteiger partial charge in [-0.3, -0.25) is 9.36 Å². The van der Waals surface area contributed by atoms with E-state index in [9.17, 15) is 9.59 Å². The van der Waals surface area contributed by atoms with Gasteiger partial charge in [0.25, 0.3) is 0 Å². The Bertz CT molecular complexity index is 312. The summed E-state index contributed by atoms with van der Waals surface area (Å²) in [4.78, 5) is 24.0. The Balaban J connectivity index is 2.49. The van der Waals surface area contributed by atoms with E-state index in [0.29, 0.717) is 6.54 Å². The Morgan fingerprint density at radius 3 is 3.00 bits per heavy atom. The second-order valence-electron chi connectivity index (χ2n) is 2.28. The summed E-state index contributed by atoms with van der Waals surface area (Å²) >= 11 is 0. The first kappa shape index (κ1) is 8.58. The van der Waals surface area contributed by atoms with E-state index in [1.165, 1.54) is 17.9 Å². The summed E-state index contributed by atoms with van der Waals surface area (Å²) in [6.07, 6.45) is 3.33. The third-order valence-electron chi connectivity index (χ3n) is 1.51. The molecule has 0 aromatic carbocycles. The molecule has 0 atom stereocenters. The molecule has 0 aliphatic heterocycles. The Kier molecular flexibility index (Phi) is 2.68. The maximum atomic E-state index is 10.9. The number of nitrogens with zero attached hydrogens (tertiary/aromatic N) is 1. The first-order chi connectivity index (χ1) is 5.74. The Labute approximate surface area is 69.0 Å². The highest BCUT2D eigenvalue weighted by Gasteiger charge is 2.01. The predicted molar refractivity (Wildman–Crippen MR) is 41.7 cm³/mol. The molecule has 0 unspecified atom stereocenters. The molecule has 0 saturated carbocycles. The summed E-state index contributed by atoms with van der Waals surface area (Å²) in [5, 5.41) is 0. The van der Waals surface area contributed by atoms with Gasteiger partial charge in [0, 0.05) is 18.9 Å². The summed E-state index contributed by atoms with van der Waals surface area (Å²) in [6.45, 7) is 0.356. The standard InChI is InChI=1S/C7H10N2O3/c1-12-6(10)2-4-9-5-3-8-7(9)11/h3,5H,2,4H2,1H3,(H,8,11). The fraction of sp³-hybridized carbons (Fsp3) is 0.429. The fourth-order valence-electron chi connectivity index (χ4n) is 0.839. The molecule has 0 spiro atoms. The zero-order valence-electron chi connectivity index (χ0n) is 6.74. The SMILES string of the molecule is COC(=O)CCn1cc[nH]c1=O. The fourth-order valence-corrected chi connectivity index (χ4v) is 0.839. The number of methoxy groups -OCH3 is 1. The van der Waals surface area contributed by atoms with E-state index >= 15 is 0 Å². The van der Waals surface area contributed by atoms with Crippen LogP contribution in [-0.4, -0.2) is 22.6 Å². The number of carbonyl (C=O) groups excluding carboxylic acids is 1. The number of carbonyl (C=O) groups is 1. The van der Waals surface area contributed by atoms with E-state index in [1.54, 1.807) is 6.20 Å². The zero-order valence-corrected chi connectivity index (χ0v) is 6.74. The van der Waals surface area contributed by atoms with Gasteiger partial charge in [-0.05, 0) is 0 Å². The number of esters is 1. The molecule has 0 amide bonds. The van der Waals surface area contributed by atoms with Crippen molar-refractivity contribution in [3.8, 4) is 0 Å². The molecule has 1 aromatic rings. The van der Waals surface area contributed by atoms with Crippen molar-refractivity contribution < 1.29 is 9.53 Å². The first-order valence-electron chi connectivity index (χ1n) is 3.54. The van der Waals surface area contributed by atoms with Gasteiger partial charge < -0.3 is 9.72 Å². The van der Waals surface area contributed by atoms with Crippen LogP contribution in [0.15, 0.2) is 17.2 Å². The van der Waals surface area contributed by atoms with Crippen LogP contribution in [0.5, 0.6) is 0 Å². The predicted octanol–water partition coefficient (Wildman–Crippen LogP) is -0.261. The van der Waals surface area contributed by atoms with Crippen LogP contribution in [0.4, 0.5) is 0 Å². The molecule has 66 valence electrons. The monoisotopic (exact) mass is 170 g/mol. The van der Waals surface area contributed by atoms with Crippen molar-refractivity contribution >= 4 is 5.97 Å². The van der Waals surface area contributed by atoms with Crippen molar-refractivity contribution in [1.82, 2.24) is 9.55 Å². The molecule has 1 N–H and O–H groups in total. The van der Waals surface area contributed by atoms with Crippen molar-refractivity contribution in [3.63, 3.8) is 0 Å². The number of ether oxygens (including phenoxy) is 1.